The molecule has 0 aliphatic carbocycles. The van der Waals surface area contributed by atoms with Crippen molar-refractivity contribution in [1.82, 2.24) is 15.0 Å². The molecule has 9 nitrogen and oxygen atoms in total. The fraction of sp³-hybridized carbons (Fsp3) is 0.100. The first kappa shape index (κ1) is 23.0. The number of rotatable bonds is 3. The first-order valence-corrected chi connectivity index (χ1v) is 12.2. The molecule has 0 atom stereocenters. The number of benzene rings is 4. The maximum Gasteiger partial charge on any atom is 0.199 e. The van der Waals surface area contributed by atoms with Gasteiger partial charge in [-0.3, -0.25) is 14.4 Å². The lowest BCUT2D eigenvalue weighted by atomic mass is 9.98. The van der Waals surface area contributed by atoms with Crippen molar-refractivity contribution in [2.75, 3.05) is 14.2 Å². The Labute approximate surface area is 218 Å². The Morgan fingerprint density at radius 2 is 0.974 bits per heavy atom. The van der Waals surface area contributed by atoms with E-state index in [2.05, 4.69) is 15.0 Å². The zero-order chi connectivity index (χ0) is 27.0. The van der Waals surface area contributed by atoms with Crippen molar-refractivity contribution in [1.29, 1.82) is 0 Å². The topological polar surface area (TPSA) is 137 Å². The molecule has 7 rings (SSSR count). The number of pyridine rings is 3. The molecule has 0 bridgehead atoms. The standard InChI is InChI=1S/C30H21N3O6/c1-38-14-4-7-17-20(10-14)33-27-23(29(17)36)25-22(28(35)16-6-3-13(12-34)9-19(16)31-25)26-24(27)30(37)18-8-5-15(39-2)11-21(18)32-26/h3-11,34H,12H2,1-2H3,(H,31,35)(H,32,37)(H,33,36). The highest BCUT2D eigenvalue weighted by molar-refractivity contribution is 6.25. The lowest BCUT2D eigenvalue weighted by Crippen LogP contribution is -2.15. The van der Waals surface area contributed by atoms with Gasteiger partial charge in [-0.2, -0.15) is 0 Å². The third kappa shape index (κ3) is 3.14. The van der Waals surface area contributed by atoms with Gasteiger partial charge in [0.15, 0.2) is 16.3 Å². The molecule has 0 radical (unpaired) electrons. The number of methoxy groups -OCH3 is 2. The summed E-state index contributed by atoms with van der Waals surface area (Å²) in [6.45, 7) is -0.206. The van der Waals surface area contributed by atoms with Gasteiger partial charge in [-0.25, -0.2) is 0 Å². The second-order valence-electron chi connectivity index (χ2n) is 9.47. The smallest absolute Gasteiger partial charge is 0.199 e. The van der Waals surface area contributed by atoms with E-state index in [-0.39, 0.29) is 39.1 Å². The van der Waals surface area contributed by atoms with Crippen molar-refractivity contribution < 1.29 is 14.6 Å². The number of nitrogens with one attached hydrogen (secondary N) is 3. The zero-order valence-corrected chi connectivity index (χ0v) is 20.9. The summed E-state index contributed by atoms with van der Waals surface area (Å²) >= 11 is 0. The van der Waals surface area contributed by atoms with E-state index < -0.39 is 0 Å². The minimum absolute atomic E-state index is 0.196. The average Bonchev–Trinajstić information content (AvgIpc) is 2.96. The van der Waals surface area contributed by atoms with Gasteiger partial charge in [0.25, 0.3) is 0 Å². The summed E-state index contributed by atoms with van der Waals surface area (Å²) in [6.07, 6.45) is 0. The van der Waals surface area contributed by atoms with Gasteiger partial charge in [0.05, 0.1) is 70.1 Å². The highest BCUT2D eigenvalue weighted by atomic mass is 16.5. The van der Waals surface area contributed by atoms with Gasteiger partial charge in [-0.15, -0.1) is 0 Å². The van der Waals surface area contributed by atoms with Crippen LogP contribution in [0, 0.1) is 0 Å². The number of fused-ring (bicyclic) bond motifs is 9. The number of ether oxygens (including phenoxy) is 2. The van der Waals surface area contributed by atoms with Crippen LogP contribution in [0.5, 0.6) is 11.5 Å². The van der Waals surface area contributed by atoms with E-state index in [1.54, 1.807) is 54.6 Å². The van der Waals surface area contributed by atoms with Crippen molar-refractivity contribution in [3.8, 4) is 11.5 Å². The molecule has 39 heavy (non-hydrogen) atoms. The number of aromatic nitrogens is 3. The molecule has 0 spiro atoms. The second kappa shape index (κ2) is 8.17. The van der Waals surface area contributed by atoms with Crippen molar-refractivity contribution in [3.63, 3.8) is 0 Å². The van der Waals surface area contributed by atoms with Crippen LogP contribution in [0.4, 0.5) is 0 Å². The molecule has 0 aliphatic heterocycles. The predicted octanol–water partition coefficient (Wildman–Crippen LogP) is 4.18. The average molecular weight is 520 g/mol. The van der Waals surface area contributed by atoms with Crippen molar-refractivity contribution >= 4 is 65.4 Å². The summed E-state index contributed by atoms with van der Waals surface area (Å²) < 4.78 is 10.7. The second-order valence-corrected chi connectivity index (χ2v) is 9.47. The van der Waals surface area contributed by atoms with Crippen LogP contribution in [0.2, 0.25) is 0 Å². The van der Waals surface area contributed by atoms with E-state index in [0.717, 1.165) is 0 Å². The Morgan fingerprint density at radius 1 is 0.590 bits per heavy atom. The van der Waals surface area contributed by atoms with E-state index in [4.69, 9.17) is 9.47 Å². The Kier molecular flexibility index (Phi) is 4.82. The van der Waals surface area contributed by atoms with Gasteiger partial charge in [0.2, 0.25) is 0 Å². The molecule has 0 fully saturated rings. The van der Waals surface area contributed by atoms with Crippen LogP contribution in [0.3, 0.4) is 0 Å². The van der Waals surface area contributed by atoms with E-state index in [1.165, 1.54) is 14.2 Å². The van der Waals surface area contributed by atoms with Gasteiger partial charge in [-0.05, 0) is 42.0 Å². The molecule has 7 aromatic rings. The monoisotopic (exact) mass is 519 g/mol. The molecule has 4 aromatic carbocycles. The molecule has 0 saturated heterocycles. The highest BCUT2D eigenvalue weighted by Gasteiger charge is 2.22. The van der Waals surface area contributed by atoms with E-state index in [9.17, 15) is 19.5 Å². The van der Waals surface area contributed by atoms with E-state index >= 15 is 0 Å². The van der Waals surface area contributed by atoms with E-state index in [1.807, 2.05) is 0 Å². The van der Waals surface area contributed by atoms with Crippen LogP contribution in [0.15, 0.2) is 69.0 Å². The largest absolute Gasteiger partial charge is 0.497 e. The molecular weight excluding hydrogens is 498 g/mol. The Bertz CT molecular complexity index is 2070. The molecular formula is C30H21N3O6. The van der Waals surface area contributed by atoms with Gasteiger partial charge >= 0.3 is 0 Å². The highest BCUT2D eigenvalue weighted by Crippen LogP contribution is 2.32. The number of aliphatic hydroxyl groups is 1. The Balaban J connectivity index is 1.84. The van der Waals surface area contributed by atoms with Gasteiger partial charge < -0.3 is 29.5 Å². The molecule has 0 aliphatic rings. The van der Waals surface area contributed by atoms with E-state index in [0.29, 0.717) is 66.3 Å². The molecule has 0 amide bonds. The molecule has 4 N–H and O–H groups in total. The van der Waals surface area contributed by atoms with Crippen LogP contribution in [-0.4, -0.2) is 34.3 Å². The van der Waals surface area contributed by atoms with Crippen LogP contribution in [-0.2, 0) is 6.61 Å². The summed E-state index contributed by atoms with van der Waals surface area (Å²) in [7, 11) is 3.07. The molecule has 0 unspecified atom stereocenters. The summed E-state index contributed by atoms with van der Waals surface area (Å²) in [4.78, 5) is 51.9. The minimum atomic E-state index is -0.345. The summed E-state index contributed by atoms with van der Waals surface area (Å²) in [5.74, 6) is 1.09. The lowest BCUT2D eigenvalue weighted by Gasteiger charge is -2.14. The summed E-state index contributed by atoms with van der Waals surface area (Å²) in [5, 5.41) is 11.4. The molecule has 9 heteroatoms. The fourth-order valence-electron chi connectivity index (χ4n) is 5.51. The first-order valence-electron chi connectivity index (χ1n) is 12.2. The Hall–Kier alpha value is -5.15. The molecule has 192 valence electrons. The summed E-state index contributed by atoms with van der Waals surface area (Å²) in [6, 6.07) is 15.1. The normalized spacial score (nSPS) is 11.9. The van der Waals surface area contributed by atoms with Crippen molar-refractivity contribution in [2.45, 2.75) is 6.61 Å². The summed E-state index contributed by atoms with van der Waals surface area (Å²) in [5.41, 5.74) is 1.95. The quantitative estimate of drug-likeness (QED) is 0.204. The number of aromatic amines is 3. The van der Waals surface area contributed by atoms with Crippen LogP contribution < -0.4 is 25.8 Å². The number of H-pyrrole nitrogens is 3. The van der Waals surface area contributed by atoms with Crippen LogP contribution >= 0.6 is 0 Å². The minimum Gasteiger partial charge on any atom is -0.497 e. The van der Waals surface area contributed by atoms with Crippen LogP contribution in [0.25, 0.3) is 65.4 Å². The van der Waals surface area contributed by atoms with Gasteiger partial charge in [0.1, 0.15) is 11.5 Å². The maximum atomic E-state index is 14.0. The molecule has 3 heterocycles. The third-order valence-electron chi connectivity index (χ3n) is 7.41. The number of hydrogen-bond acceptors (Lipinski definition) is 6. The molecule has 3 aromatic heterocycles. The van der Waals surface area contributed by atoms with Gasteiger partial charge in [0, 0.05) is 28.3 Å². The number of aliphatic hydroxyl groups excluding tert-OH is 1. The van der Waals surface area contributed by atoms with Crippen molar-refractivity contribution in [2.24, 2.45) is 0 Å². The Morgan fingerprint density at radius 3 is 1.36 bits per heavy atom. The third-order valence-corrected chi connectivity index (χ3v) is 7.41. The van der Waals surface area contributed by atoms with Crippen molar-refractivity contribution in [3.05, 3.63) is 90.8 Å². The predicted molar refractivity (Wildman–Crippen MR) is 152 cm³/mol. The zero-order valence-electron chi connectivity index (χ0n) is 20.9. The van der Waals surface area contributed by atoms with Gasteiger partial charge in [-0.1, -0.05) is 6.07 Å². The SMILES string of the molecule is COc1ccc2c(=O)c3c4[nH]c5cc(CO)ccc5c(=O)c4c4[nH]c5cc(OC)ccc5c(=O)c4c3[nH]c2c1. The lowest BCUT2D eigenvalue weighted by molar-refractivity contribution is 0.282. The molecule has 0 saturated carbocycles. The first-order chi connectivity index (χ1) is 18.9. The van der Waals surface area contributed by atoms with Crippen LogP contribution in [0.1, 0.15) is 5.56 Å². The fourth-order valence-corrected chi connectivity index (χ4v) is 5.51. The maximum absolute atomic E-state index is 14.0. The number of hydrogen-bond donors (Lipinski definition) is 4.